The van der Waals surface area contributed by atoms with Crippen LogP contribution in [0.5, 0.6) is 5.75 Å². The Balaban J connectivity index is 1.57. The lowest BCUT2D eigenvalue weighted by molar-refractivity contribution is -0.384. The van der Waals surface area contributed by atoms with Crippen molar-refractivity contribution >= 4 is 57.3 Å². The minimum Gasteiger partial charge on any atom is -0.497 e. The van der Waals surface area contributed by atoms with Crippen molar-refractivity contribution in [2.75, 3.05) is 7.11 Å². The Kier molecular flexibility index (Phi) is 6.33. The van der Waals surface area contributed by atoms with Crippen LogP contribution in [-0.4, -0.2) is 28.1 Å². The average Bonchev–Trinajstić information content (AvgIpc) is 3.35. The molecule has 1 fully saturated rings. The Morgan fingerprint density at radius 1 is 1.16 bits per heavy atom. The van der Waals surface area contributed by atoms with Gasteiger partial charge in [-0.25, -0.2) is 0 Å². The molecule has 8 nitrogen and oxygen atoms in total. The number of hydrogen-bond donors (Lipinski definition) is 0. The molecular formula is C22H15IN2O6S. The second-order valence-electron chi connectivity index (χ2n) is 6.74. The largest absolute Gasteiger partial charge is 0.497 e. The van der Waals surface area contributed by atoms with Crippen molar-refractivity contribution in [1.82, 2.24) is 4.90 Å². The number of nitro benzene ring substituents is 1. The molecule has 0 spiro atoms. The molecule has 2 amide bonds. The van der Waals surface area contributed by atoms with E-state index in [9.17, 15) is 19.7 Å². The number of amides is 2. The van der Waals surface area contributed by atoms with Gasteiger partial charge in [-0.2, -0.15) is 0 Å². The van der Waals surface area contributed by atoms with Gasteiger partial charge in [0.05, 0.1) is 35.1 Å². The fourth-order valence-corrected chi connectivity index (χ4v) is 4.29. The number of ether oxygens (including phenoxy) is 1. The molecule has 0 bridgehead atoms. The zero-order valence-corrected chi connectivity index (χ0v) is 19.6. The summed E-state index contributed by atoms with van der Waals surface area (Å²) in [4.78, 5) is 37.4. The van der Waals surface area contributed by atoms with Crippen LogP contribution in [0.3, 0.4) is 0 Å². The van der Waals surface area contributed by atoms with Crippen molar-refractivity contribution in [2.24, 2.45) is 0 Å². The average molecular weight is 562 g/mol. The highest BCUT2D eigenvalue weighted by atomic mass is 127. The van der Waals surface area contributed by atoms with E-state index in [2.05, 4.69) is 22.6 Å². The number of carbonyl (C=O) groups is 2. The molecule has 1 aromatic heterocycles. The van der Waals surface area contributed by atoms with Gasteiger partial charge in [-0.3, -0.25) is 24.6 Å². The number of furan rings is 1. The van der Waals surface area contributed by atoms with Crippen LogP contribution in [-0.2, 0) is 11.3 Å². The Morgan fingerprint density at radius 2 is 1.91 bits per heavy atom. The second-order valence-corrected chi connectivity index (χ2v) is 8.98. The Labute approximate surface area is 200 Å². The van der Waals surface area contributed by atoms with Gasteiger partial charge in [-0.15, -0.1) is 0 Å². The quantitative estimate of drug-likeness (QED) is 0.164. The summed E-state index contributed by atoms with van der Waals surface area (Å²) < 4.78 is 11.8. The number of nitrogens with zero attached hydrogens (tertiary/aromatic N) is 2. The van der Waals surface area contributed by atoms with E-state index < -0.39 is 10.8 Å². The molecule has 0 saturated carbocycles. The van der Waals surface area contributed by atoms with E-state index in [0.717, 1.165) is 20.9 Å². The summed E-state index contributed by atoms with van der Waals surface area (Å²) >= 11 is 3.01. The summed E-state index contributed by atoms with van der Waals surface area (Å²) in [5.74, 6) is 0.523. The molecule has 0 N–H and O–H groups in total. The predicted octanol–water partition coefficient (Wildman–Crippen LogP) is 5.70. The van der Waals surface area contributed by atoms with Gasteiger partial charge < -0.3 is 9.15 Å². The van der Waals surface area contributed by atoms with Gasteiger partial charge in [-0.1, -0.05) is 12.1 Å². The zero-order chi connectivity index (χ0) is 22.8. The number of nitro groups is 1. The highest BCUT2D eigenvalue weighted by molar-refractivity contribution is 14.1. The van der Waals surface area contributed by atoms with Crippen LogP contribution in [0.15, 0.2) is 63.9 Å². The van der Waals surface area contributed by atoms with Crippen molar-refractivity contribution in [3.8, 4) is 17.1 Å². The van der Waals surface area contributed by atoms with Gasteiger partial charge in [-0.05, 0) is 76.3 Å². The Hall–Kier alpha value is -3.12. The third kappa shape index (κ3) is 4.55. The van der Waals surface area contributed by atoms with Crippen molar-refractivity contribution in [1.29, 1.82) is 0 Å². The lowest BCUT2D eigenvalue weighted by Crippen LogP contribution is -2.27. The van der Waals surface area contributed by atoms with Crippen LogP contribution in [0.4, 0.5) is 10.5 Å². The van der Waals surface area contributed by atoms with Crippen molar-refractivity contribution < 1.29 is 23.7 Å². The number of halogens is 1. The monoisotopic (exact) mass is 562 g/mol. The number of imide groups is 1. The predicted molar refractivity (Wildman–Crippen MR) is 128 cm³/mol. The number of benzene rings is 2. The molecule has 1 saturated heterocycles. The fraction of sp³-hybridized carbons (Fsp3) is 0.0909. The van der Waals surface area contributed by atoms with Gasteiger partial charge in [0.1, 0.15) is 17.3 Å². The molecule has 2 heterocycles. The third-order valence-corrected chi connectivity index (χ3v) is 6.32. The number of carbonyl (C=O) groups excluding carboxylic acids is 2. The zero-order valence-electron chi connectivity index (χ0n) is 16.6. The summed E-state index contributed by atoms with van der Waals surface area (Å²) in [5, 5.41) is 11.1. The molecule has 0 radical (unpaired) electrons. The first-order chi connectivity index (χ1) is 15.4. The van der Waals surface area contributed by atoms with Gasteiger partial charge in [0, 0.05) is 9.65 Å². The fourth-order valence-electron chi connectivity index (χ4n) is 3.11. The van der Waals surface area contributed by atoms with E-state index in [1.54, 1.807) is 18.2 Å². The Bertz CT molecular complexity index is 1250. The van der Waals surface area contributed by atoms with E-state index in [-0.39, 0.29) is 33.7 Å². The van der Waals surface area contributed by atoms with E-state index in [4.69, 9.17) is 9.15 Å². The van der Waals surface area contributed by atoms with Crippen LogP contribution in [0.1, 0.15) is 11.3 Å². The maximum Gasteiger partial charge on any atom is 0.293 e. The minimum absolute atomic E-state index is 0.164. The molecule has 1 aliphatic heterocycles. The molecule has 2 aromatic carbocycles. The van der Waals surface area contributed by atoms with Crippen LogP contribution in [0, 0.1) is 13.7 Å². The Morgan fingerprint density at radius 3 is 2.59 bits per heavy atom. The molecule has 10 heteroatoms. The summed E-state index contributed by atoms with van der Waals surface area (Å²) in [6, 6.07) is 15.2. The normalized spacial score (nSPS) is 14.9. The number of hydrogen-bond acceptors (Lipinski definition) is 7. The van der Waals surface area contributed by atoms with Crippen molar-refractivity contribution in [2.45, 2.75) is 6.54 Å². The number of thioether (sulfide) groups is 1. The lowest BCUT2D eigenvalue weighted by Gasteiger charge is -2.12. The van der Waals surface area contributed by atoms with E-state index in [1.807, 2.05) is 24.3 Å². The van der Waals surface area contributed by atoms with Crippen molar-refractivity contribution in [3.63, 3.8) is 0 Å². The second kappa shape index (κ2) is 9.17. The minimum atomic E-state index is -0.518. The van der Waals surface area contributed by atoms with Gasteiger partial charge in [0.15, 0.2) is 0 Å². The first kappa shape index (κ1) is 22.1. The molecular weight excluding hydrogens is 547 g/mol. The first-order valence-corrected chi connectivity index (χ1v) is 11.2. The molecule has 0 aliphatic carbocycles. The van der Waals surface area contributed by atoms with Gasteiger partial charge in [0.2, 0.25) is 0 Å². The summed E-state index contributed by atoms with van der Waals surface area (Å²) in [7, 11) is 1.43. The number of methoxy groups -OCH3 is 1. The standard InChI is InChI=1S/C22H15IN2O6S/c1-30-15-6-8-17(18(10-15)25(28)29)19-9-7-16(31-19)11-20-21(26)24(22(27)32-20)12-13-2-4-14(23)5-3-13/h2-11H,12H2,1H3/b20-11-. The number of rotatable bonds is 6. The molecule has 32 heavy (non-hydrogen) atoms. The third-order valence-electron chi connectivity index (χ3n) is 4.69. The molecule has 4 rings (SSSR count). The van der Waals surface area contributed by atoms with Crippen LogP contribution in [0.2, 0.25) is 0 Å². The summed E-state index contributed by atoms with van der Waals surface area (Å²) in [6.45, 7) is 0.181. The first-order valence-electron chi connectivity index (χ1n) is 9.28. The van der Waals surface area contributed by atoms with Crippen molar-refractivity contribution in [3.05, 3.63) is 84.5 Å². The van der Waals surface area contributed by atoms with Gasteiger partial charge in [0.25, 0.3) is 16.8 Å². The maximum atomic E-state index is 12.8. The highest BCUT2D eigenvalue weighted by Crippen LogP contribution is 2.37. The van der Waals surface area contributed by atoms with E-state index in [0.29, 0.717) is 11.5 Å². The highest BCUT2D eigenvalue weighted by Gasteiger charge is 2.35. The maximum absolute atomic E-state index is 12.8. The summed E-state index contributed by atoms with van der Waals surface area (Å²) in [5.41, 5.74) is 0.964. The SMILES string of the molecule is COc1ccc(-c2ccc(/C=C3\SC(=O)N(Cc4ccc(I)cc4)C3=O)o2)c([N+](=O)[O-])c1. The van der Waals surface area contributed by atoms with Crippen LogP contribution < -0.4 is 4.74 Å². The van der Waals surface area contributed by atoms with Crippen LogP contribution in [0.25, 0.3) is 17.4 Å². The molecule has 0 atom stereocenters. The summed E-state index contributed by atoms with van der Waals surface area (Å²) in [6.07, 6.45) is 1.47. The topological polar surface area (TPSA) is 103 Å². The lowest BCUT2D eigenvalue weighted by atomic mass is 10.1. The smallest absolute Gasteiger partial charge is 0.293 e. The van der Waals surface area contributed by atoms with E-state index >= 15 is 0 Å². The molecule has 0 unspecified atom stereocenters. The molecule has 162 valence electrons. The van der Waals surface area contributed by atoms with E-state index in [1.165, 1.54) is 30.2 Å². The molecule has 3 aromatic rings. The molecule has 1 aliphatic rings. The van der Waals surface area contributed by atoms with Gasteiger partial charge >= 0.3 is 0 Å². The van der Waals surface area contributed by atoms with Crippen LogP contribution >= 0.6 is 34.4 Å².